The van der Waals surface area contributed by atoms with Crippen LogP contribution in [0.3, 0.4) is 0 Å². The summed E-state index contributed by atoms with van der Waals surface area (Å²) < 4.78 is 1.47. The molecule has 0 bridgehead atoms. The van der Waals surface area contributed by atoms with Crippen molar-refractivity contribution >= 4 is 22.2 Å². The fraction of sp³-hybridized carbons (Fsp3) is 0.188. The summed E-state index contributed by atoms with van der Waals surface area (Å²) in [6.45, 7) is 4.19. The van der Waals surface area contributed by atoms with Gasteiger partial charge in [-0.05, 0) is 25.0 Å². The van der Waals surface area contributed by atoms with Gasteiger partial charge < -0.3 is 5.32 Å². The van der Waals surface area contributed by atoms with E-state index in [4.69, 9.17) is 0 Å². The van der Waals surface area contributed by atoms with E-state index >= 15 is 0 Å². The molecule has 0 saturated carbocycles. The minimum absolute atomic E-state index is 0.0626. The maximum atomic E-state index is 12.4. The molecule has 0 spiro atoms. The van der Waals surface area contributed by atoms with E-state index in [1.165, 1.54) is 21.9 Å². The van der Waals surface area contributed by atoms with Crippen LogP contribution in [0.25, 0.3) is 4.96 Å². The molecule has 5 nitrogen and oxygen atoms in total. The Labute approximate surface area is 131 Å². The number of carbonyl (C=O) groups excluding carboxylic acids is 1. The van der Waals surface area contributed by atoms with E-state index in [0.717, 1.165) is 16.8 Å². The number of amides is 1. The fourth-order valence-corrected chi connectivity index (χ4v) is 3.09. The number of hydrogen-bond donors (Lipinski definition) is 1. The van der Waals surface area contributed by atoms with Crippen LogP contribution in [-0.2, 0) is 6.54 Å². The van der Waals surface area contributed by atoms with Gasteiger partial charge in [0.15, 0.2) is 4.96 Å². The van der Waals surface area contributed by atoms with Crippen LogP contribution in [0.2, 0.25) is 0 Å². The summed E-state index contributed by atoms with van der Waals surface area (Å²) >= 11 is 1.38. The first kappa shape index (κ1) is 14.5. The monoisotopic (exact) mass is 313 g/mol. The third-order valence-corrected chi connectivity index (χ3v) is 4.52. The number of carbonyl (C=O) groups is 1. The van der Waals surface area contributed by atoms with E-state index in [-0.39, 0.29) is 11.1 Å². The van der Waals surface area contributed by atoms with Crippen LogP contribution in [0.1, 0.15) is 27.2 Å². The Hall–Kier alpha value is -2.47. The maximum Gasteiger partial charge on any atom is 0.271 e. The van der Waals surface area contributed by atoms with E-state index in [0.29, 0.717) is 11.5 Å². The van der Waals surface area contributed by atoms with Crippen LogP contribution in [-0.4, -0.2) is 15.3 Å². The van der Waals surface area contributed by atoms with Gasteiger partial charge in [0.1, 0.15) is 5.56 Å². The van der Waals surface area contributed by atoms with Gasteiger partial charge >= 0.3 is 0 Å². The fourth-order valence-electron chi connectivity index (χ4n) is 2.26. The summed E-state index contributed by atoms with van der Waals surface area (Å²) in [5.41, 5.74) is 2.64. The highest BCUT2D eigenvalue weighted by Gasteiger charge is 2.15. The van der Waals surface area contributed by atoms with Crippen LogP contribution < -0.4 is 10.9 Å². The molecule has 0 aliphatic rings. The first-order valence-corrected chi connectivity index (χ1v) is 7.74. The molecule has 3 rings (SSSR count). The topological polar surface area (TPSA) is 63.5 Å². The van der Waals surface area contributed by atoms with E-state index in [1.807, 2.05) is 43.5 Å². The van der Waals surface area contributed by atoms with Gasteiger partial charge in [0.2, 0.25) is 0 Å². The number of thiazole rings is 1. The zero-order valence-corrected chi connectivity index (χ0v) is 13.1. The Bertz CT molecular complexity index is 911. The summed E-state index contributed by atoms with van der Waals surface area (Å²) in [5, 5.41) is 4.63. The van der Waals surface area contributed by atoms with Gasteiger partial charge in [-0.15, -0.1) is 11.3 Å². The number of benzene rings is 1. The molecule has 3 aromatic rings. The predicted octanol–water partition coefficient (Wildman–Crippen LogP) is 2.30. The molecule has 112 valence electrons. The maximum absolute atomic E-state index is 12.4. The van der Waals surface area contributed by atoms with Gasteiger partial charge in [-0.1, -0.05) is 24.3 Å². The molecule has 1 N–H and O–H groups in total. The molecule has 6 heteroatoms. The van der Waals surface area contributed by atoms with Crippen LogP contribution in [0.4, 0.5) is 0 Å². The van der Waals surface area contributed by atoms with Gasteiger partial charge in [0, 0.05) is 23.8 Å². The van der Waals surface area contributed by atoms with Crippen molar-refractivity contribution in [3.05, 3.63) is 68.6 Å². The summed E-state index contributed by atoms with van der Waals surface area (Å²) in [7, 11) is 0. The minimum Gasteiger partial charge on any atom is -0.348 e. The van der Waals surface area contributed by atoms with Crippen molar-refractivity contribution in [3.8, 4) is 0 Å². The van der Waals surface area contributed by atoms with Crippen molar-refractivity contribution < 1.29 is 4.79 Å². The van der Waals surface area contributed by atoms with E-state index in [1.54, 1.807) is 0 Å². The van der Waals surface area contributed by atoms with E-state index < -0.39 is 5.91 Å². The molecule has 0 radical (unpaired) electrons. The molecule has 1 aromatic carbocycles. The first-order chi connectivity index (χ1) is 10.6. The summed E-state index contributed by atoms with van der Waals surface area (Å²) in [5.74, 6) is -0.402. The van der Waals surface area contributed by atoms with Crippen molar-refractivity contribution in [2.45, 2.75) is 20.4 Å². The third-order valence-electron chi connectivity index (χ3n) is 3.56. The lowest BCUT2D eigenvalue weighted by molar-refractivity contribution is 0.0949. The molecule has 0 atom stereocenters. The first-order valence-electron chi connectivity index (χ1n) is 6.86. The van der Waals surface area contributed by atoms with Crippen LogP contribution in [0.5, 0.6) is 0 Å². The molecule has 22 heavy (non-hydrogen) atoms. The Kier molecular flexibility index (Phi) is 3.77. The molecule has 2 aromatic heterocycles. The second-order valence-electron chi connectivity index (χ2n) is 5.08. The number of rotatable bonds is 3. The zero-order chi connectivity index (χ0) is 15.7. The molecule has 0 fully saturated rings. The van der Waals surface area contributed by atoms with E-state index in [9.17, 15) is 9.59 Å². The lowest BCUT2D eigenvalue weighted by Crippen LogP contribution is -2.31. The van der Waals surface area contributed by atoms with Gasteiger partial charge in [-0.2, -0.15) is 0 Å². The minimum atomic E-state index is -0.402. The molecule has 0 aliphatic heterocycles. The number of fused-ring (bicyclic) bond motifs is 1. The van der Waals surface area contributed by atoms with Crippen molar-refractivity contribution in [1.29, 1.82) is 0 Å². The standard InChI is InChI=1S/C16H15N3O2S/c1-10-5-3-4-6-12(10)7-17-14(20)13-8-18-16-19(15(13)21)11(2)9-22-16/h3-6,8-9H,7H2,1-2H3,(H,17,20). The molecular formula is C16H15N3O2S. The van der Waals surface area contributed by atoms with Crippen molar-refractivity contribution in [2.24, 2.45) is 0 Å². The quantitative estimate of drug-likeness (QED) is 0.807. The number of nitrogens with zero attached hydrogens (tertiary/aromatic N) is 2. The van der Waals surface area contributed by atoms with Crippen LogP contribution in [0.15, 0.2) is 40.6 Å². The smallest absolute Gasteiger partial charge is 0.271 e. The molecule has 0 aliphatic carbocycles. The molecule has 1 amide bonds. The second-order valence-corrected chi connectivity index (χ2v) is 5.92. The molecule has 0 unspecified atom stereocenters. The van der Waals surface area contributed by atoms with Crippen molar-refractivity contribution in [2.75, 3.05) is 0 Å². The predicted molar refractivity (Wildman–Crippen MR) is 86.4 cm³/mol. The average molecular weight is 313 g/mol. The summed E-state index contributed by atoms with van der Waals surface area (Å²) in [6.07, 6.45) is 1.35. The van der Waals surface area contributed by atoms with Crippen molar-refractivity contribution in [1.82, 2.24) is 14.7 Å². The lowest BCUT2D eigenvalue weighted by atomic mass is 10.1. The van der Waals surface area contributed by atoms with Crippen LogP contribution >= 0.6 is 11.3 Å². The van der Waals surface area contributed by atoms with Gasteiger partial charge in [0.25, 0.3) is 11.5 Å². The molecular weight excluding hydrogens is 298 g/mol. The third kappa shape index (κ3) is 2.53. The number of hydrogen-bond acceptors (Lipinski definition) is 4. The van der Waals surface area contributed by atoms with Gasteiger partial charge in [-0.25, -0.2) is 4.98 Å². The normalized spacial score (nSPS) is 10.8. The number of aryl methyl sites for hydroxylation is 2. The Balaban J connectivity index is 1.87. The van der Waals surface area contributed by atoms with Crippen molar-refractivity contribution in [3.63, 3.8) is 0 Å². The highest BCUT2D eigenvalue weighted by molar-refractivity contribution is 7.15. The highest BCUT2D eigenvalue weighted by Crippen LogP contribution is 2.11. The Morgan fingerprint density at radius 3 is 2.86 bits per heavy atom. The molecule has 0 saturated heterocycles. The highest BCUT2D eigenvalue weighted by atomic mass is 32.1. The summed E-state index contributed by atoms with van der Waals surface area (Å²) in [6, 6.07) is 7.81. The molecule has 2 heterocycles. The lowest BCUT2D eigenvalue weighted by Gasteiger charge is -2.07. The van der Waals surface area contributed by atoms with Gasteiger partial charge in [0.05, 0.1) is 0 Å². The number of aromatic nitrogens is 2. The average Bonchev–Trinajstić information content (AvgIpc) is 2.89. The van der Waals surface area contributed by atoms with Gasteiger partial charge in [-0.3, -0.25) is 14.0 Å². The Morgan fingerprint density at radius 1 is 1.32 bits per heavy atom. The summed E-state index contributed by atoms with van der Waals surface area (Å²) in [4.78, 5) is 29.4. The van der Waals surface area contributed by atoms with E-state index in [2.05, 4.69) is 10.3 Å². The van der Waals surface area contributed by atoms with Crippen LogP contribution in [0, 0.1) is 13.8 Å². The number of nitrogens with one attached hydrogen (secondary N) is 1. The Morgan fingerprint density at radius 2 is 2.09 bits per heavy atom. The SMILES string of the molecule is Cc1ccccc1CNC(=O)c1cnc2scc(C)n2c1=O. The zero-order valence-electron chi connectivity index (χ0n) is 12.3. The largest absolute Gasteiger partial charge is 0.348 e. The second kappa shape index (κ2) is 5.73.